The molecule has 0 radical (unpaired) electrons. The number of methoxy groups -OCH3 is 1. The van der Waals surface area contributed by atoms with Crippen LogP contribution in [0.1, 0.15) is 29.8 Å². The Balaban J connectivity index is 1.58. The molecular weight excluding hydrogens is 629 g/mol. The quantitative estimate of drug-likeness (QED) is 0.296. The van der Waals surface area contributed by atoms with Crippen LogP contribution < -0.4 is 20.1 Å². The van der Waals surface area contributed by atoms with Gasteiger partial charge in [0.2, 0.25) is 10.0 Å². The van der Waals surface area contributed by atoms with Crippen LogP contribution in [0.15, 0.2) is 71.6 Å². The van der Waals surface area contributed by atoms with Gasteiger partial charge in [0.15, 0.2) is 0 Å². The highest BCUT2D eigenvalue weighted by molar-refractivity contribution is 7.89. The third-order valence-electron chi connectivity index (χ3n) is 7.60. The summed E-state index contributed by atoms with van der Waals surface area (Å²) in [5.74, 6) is -0.204. The van der Waals surface area contributed by atoms with Crippen LogP contribution in [0.4, 0.5) is 29.3 Å². The summed E-state index contributed by atoms with van der Waals surface area (Å²) < 4.78 is 77.8. The normalized spacial score (nSPS) is 17.8. The molecule has 0 spiro atoms. The van der Waals surface area contributed by atoms with E-state index in [-0.39, 0.29) is 53.2 Å². The molecule has 0 bridgehead atoms. The van der Waals surface area contributed by atoms with Crippen LogP contribution >= 0.6 is 0 Å². The number of ether oxygens (including phenoxy) is 2. The predicted molar refractivity (Wildman–Crippen MR) is 165 cm³/mol. The summed E-state index contributed by atoms with van der Waals surface area (Å²) in [5.41, 5.74) is -0.506. The molecule has 0 unspecified atom stereocenters. The average Bonchev–Trinajstić information content (AvgIpc) is 3.02. The van der Waals surface area contributed by atoms with Crippen molar-refractivity contribution in [3.8, 4) is 11.5 Å². The summed E-state index contributed by atoms with van der Waals surface area (Å²) in [6, 6.07) is 12.8. The van der Waals surface area contributed by atoms with Crippen molar-refractivity contribution in [1.29, 1.82) is 0 Å². The van der Waals surface area contributed by atoms with E-state index in [9.17, 15) is 36.3 Å². The second-order valence-corrected chi connectivity index (χ2v) is 13.0. The van der Waals surface area contributed by atoms with Gasteiger partial charge in [-0.15, -0.1) is 0 Å². The van der Waals surface area contributed by atoms with E-state index < -0.39 is 45.8 Å². The Labute approximate surface area is 265 Å². The molecular formula is C31H35F3N4O7S. The lowest BCUT2D eigenvalue weighted by molar-refractivity contribution is -0.137. The Bertz CT molecular complexity index is 1650. The second-order valence-electron chi connectivity index (χ2n) is 10.9. The van der Waals surface area contributed by atoms with Crippen molar-refractivity contribution < 1.29 is 45.8 Å². The largest absolute Gasteiger partial charge is 0.497 e. The molecule has 46 heavy (non-hydrogen) atoms. The number of anilines is 2. The molecule has 1 aliphatic heterocycles. The number of benzene rings is 3. The maximum Gasteiger partial charge on any atom is 0.416 e. The summed E-state index contributed by atoms with van der Waals surface area (Å²) in [4.78, 5) is 27.9. The Morgan fingerprint density at radius 1 is 1.09 bits per heavy atom. The Kier molecular flexibility index (Phi) is 10.5. The zero-order chi connectivity index (χ0) is 33.8. The standard InChI is InChI=1S/C31H35F3N4O7S/c1-19-16-38(20(2)18-39)29(40)26-15-23(36-30(41)35-22-7-5-21(6-8-22)31(32,33)34)9-14-27(26)45-28(19)17-37(3)46(42,43)25-12-10-24(44-4)11-13-25/h5-15,19-20,28,39H,16-18H2,1-4H3,(H2,35,36,41)/t19-,20-,28-/m1/s1. The highest BCUT2D eigenvalue weighted by Gasteiger charge is 2.35. The molecule has 3 aromatic carbocycles. The number of carbonyl (C=O) groups is 2. The second kappa shape index (κ2) is 14.0. The molecule has 0 aromatic heterocycles. The van der Waals surface area contributed by atoms with E-state index in [2.05, 4.69) is 10.6 Å². The summed E-state index contributed by atoms with van der Waals surface area (Å²) in [7, 11) is -1.02. The number of carbonyl (C=O) groups excluding carboxylic acids is 2. The van der Waals surface area contributed by atoms with Crippen molar-refractivity contribution in [1.82, 2.24) is 9.21 Å². The summed E-state index contributed by atoms with van der Waals surface area (Å²) in [5, 5.41) is 14.9. The minimum absolute atomic E-state index is 0.0604. The smallest absolute Gasteiger partial charge is 0.416 e. The van der Waals surface area contributed by atoms with Crippen LogP contribution in [0.25, 0.3) is 0 Å². The van der Waals surface area contributed by atoms with Crippen LogP contribution in [0.2, 0.25) is 0 Å². The third kappa shape index (κ3) is 7.89. The number of urea groups is 1. The van der Waals surface area contributed by atoms with Crippen molar-refractivity contribution in [2.24, 2.45) is 5.92 Å². The van der Waals surface area contributed by atoms with Gasteiger partial charge in [0.25, 0.3) is 5.91 Å². The molecule has 0 saturated heterocycles. The molecule has 3 atom stereocenters. The predicted octanol–water partition coefficient (Wildman–Crippen LogP) is 4.90. The third-order valence-corrected chi connectivity index (χ3v) is 9.44. The lowest BCUT2D eigenvalue weighted by atomic mass is 9.99. The molecule has 0 saturated carbocycles. The highest BCUT2D eigenvalue weighted by atomic mass is 32.2. The zero-order valence-electron chi connectivity index (χ0n) is 25.5. The van der Waals surface area contributed by atoms with Crippen LogP contribution in [0, 0.1) is 5.92 Å². The Hall–Kier alpha value is -4.34. The maximum absolute atomic E-state index is 13.7. The molecule has 3 amide bonds. The number of amides is 3. The van der Waals surface area contributed by atoms with Crippen LogP contribution in [-0.2, 0) is 16.2 Å². The van der Waals surface area contributed by atoms with Gasteiger partial charge in [0.05, 0.1) is 42.3 Å². The number of fused-ring (bicyclic) bond motifs is 1. The van der Waals surface area contributed by atoms with Gasteiger partial charge in [0.1, 0.15) is 17.6 Å². The van der Waals surface area contributed by atoms with Gasteiger partial charge >= 0.3 is 12.2 Å². The number of aliphatic hydroxyl groups is 1. The van der Waals surface area contributed by atoms with E-state index in [0.29, 0.717) is 5.75 Å². The molecule has 11 nitrogen and oxygen atoms in total. The van der Waals surface area contributed by atoms with Gasteiger partial charge in [-0.05, 0) is 73.7 Å². The Morgan fingerprint density at radius 3 is 2.28 bits per heavy atom. The van der Waals surface area contributed by atoms with E-state index in [0.717, 1.165) is 24.3 Å². The fourth-order valence-corrected chi connectivity index (χ4v) is 6.02. The Morgan fingerprint density at radius 2 is 1.70 bits per heavy atom. The number of nitrogens with zero attached hydrogens (tertiary/aromatic N) is 2. The number of aliphatic hydroxyl groups excluding tert-OH is 1. The van der Waals surface area contributed by atoms with Crippen LogP contribution in [-0.4, -0.2) is 80.7 Å². The average molecular weight is 665 g/mol. The molecule has 0 fully saturated rings. The number of sulfonamides is 1. The van der Waals surface area contributed by atoms with Crippen molar-refractivity contribution in [3.63, 3.8) is 0 Å². The van der Waals surface area contributed by atoms with Gasteiger partial charge in [-0.1, -0.05) is 6.92 Å². The van der Waals surface area contributed by atoms with Gasteiger partial charge in [-0.3, -0.25) is 4.79 Å². The number of rotatable bonds is 9. The van der Waals surface area contributed by atoms with Gasteiger partial charge in [0, 0.05) is 30.9 Å². The van der Waals surface area contributed by atoms with Crippen molar-refractivity contribution in [3.05, 3.63) is 77.9 Å². The fourth-order valence-electron chi connectivity index (χ4n) is 4.83. The topological polar surface area (TPSA) is 138 Å². The summed E-state index contributed by atoms with van der Waals surface area (Å²) >= 11 is 0. The molecule has 15 heteroatoms. The van der Waals surface area contributed by atoms with Gasteiger partial charge in [-0.25, -0.2) is 13.2 Å². The van der Waals surface area contributed by atoms with E-state index >= 15 is 0 Å². The molecule has 4 rings (SSSR count). The summed E-state index contributed by atoms with van der Waals surface area (Å²) in [6.45, 7) is 3.21. The minimum Gasteiger partial charge on any atom is -0.497 e. The fraction of sp³-hybridized carbons (Fsp3) is 0.355. The lowest BCUT2D eigenvalue weighted by Crippen LogP contribution is -2.50. The number of hydrogen-bond acceptors (Lipinski definition) is 7. The zero-order valence-corrected chi connectivity index (χ0v) is 26.4. The first-order valence-corrected chi connectivity index (χ1v) is 15.7. The number of halogens is 3. The van der Waals surface area contributed by atoms with E-state index in [1.165, 1.54) is 53.7 Å². The van der Waals surface area contributed by atoms with E-state index in [4.69, 9.17) is 9.47 Å². The van der Waals surface area contributed by atoms with Crippen molar-refractivity contribution in [2.75, 3.05) is 44.5 Å². The number of alkyl halides is 3. The first-order chi connectivity index (χ1) is 21.6. The van der Waals surface area contributed by atoms with Crippen LogP contribution in [0.3, 0.4) is 0 Å². The first kappa shape index (κ1) is 34.5. The van der Waals surface area contributed by atoms with E-state index in [1.807, 2.05) is 6.92 Å². The number of nitrogens with one attached hydrogen (secondary N) is 2. The van der Waals surface area contributed by atoms with Crippen LogP contribution in [0.5, 0.6) is 11.5 Å². The van der Waals surface area contributed by atoms with Gasteiger partial charge < -0.3 is 30.1 Å². The molecule has 1 aliphatic rings. The van der Waals surface area contributed by atoms with Crippen molar-refractivity contribution >= 4 is 33.3 Å². The molecule has 3 N–H and O–H groups in total. The minimum atomic E-state index is -4.52. The van der Waals surface area contributed by atoms with E-state index in [1.54, 1.807) is 19.1 Å². The first-order valence-electron chi connectivity index (χ1n) is 14.2. The SMILES string of the molecule is COc1ccc(S(=O)(=O)N(C)C[C@H]2Oc3ccc(NC(=O)Nc4ccc(C(F)(F)F)cc4)cc3C(=O)N([C@H](C)CO)C[C@H]2C)cc1. The molecule has 0 aliphatic carbocycles. The lowest BCUT2D eigenvalue weighted by Gasteiger charge is -2.38. The summed E-state index contributed by atoms with van der Waals surface area (Å²) in [6.07, 6.45) is -5.24. The monoisotopic (exact) mass is 664 g/mol. The van der Waals surface area contributed by atoms with Gasteiger partial charge in [-0.2, -0.15) is 17.5 Å². The number of likely N-dealkylation sites (N-methyl/N-ethyl adjacent to an activating group) is 1. The molecule has 248 valence electrons. The highest BCUT2D eigenvalue weighted by Crippen LogP contribution is 2.32. The molecule has 3 aromatic rings. The maximum atomic E-state index is 13.7. The number of hydrogen-bond donors (Lipinski definition) is 3. The molecule has 1 heterocycles. The van der Waals surface area contributed by atoms with Crippen molar-refractivity contribution in [2.45, 2.75) is 37.1 Å².